The van der Waals surface area contributed by atoms with Crippen molar-refractivity contribution in [3.63, 3.8) is 0 Å². The molecule has 0 aliphatic carbocycles. The van der Waals surface area contributed by atoms with Crippen molar-refractivity contribution in [3.8, 4) is 17.2 Å². The second kappa shape index (κ2) is 6.30. The van der Waals surface area contributed by atoms with E-state index < -0.39 is 0 Å². The van der Waals surface area contributed by atoms with Crippen LogP contribution in [0.3, 0.4) is 0 Å². The molecule has 0 amide bonds. The number of nitrogens with zero attached hydrogens (tertiary/aromatic N) is 5. The van der Waals surface area contributed by atoms with Crippen LogP contribution in [0.15, 0.2) is 35.7 Å². The van der Waals surface area contributed by atoms with E-state index in [2.05, 4.69) is 38.5 Å². The lowest BCUT2D eigenvalue weighted by molar-refractivity contribution is 0.347. The maximum Gasteiger partial charge on any atom is 0.103 e. The summed E-state index contributed by atoms with van der Waals surface area (Å²) in [6, 6.07) is 4.75. The number of aromatic nitrogens is 4. The van der Waals surface area contributed by atoms with Gasteiger partial charge in [0.25, 0.3) is 0 Å². The van der Waals surface area contributed by atoms with Crippen LogP contribution < -0.4 is 5.32 Å². The van der Waals surface area contributed by atoms with Gasteiger partial charge in [0, 0.05) is 35.0 Å². The van der Waals surface area contributed by atoms with Crippen LogP contribution >= 0.6 is 11.8 Å². The Morgan fingerprint density at radius 3 is 2.96 bits per heavy atom. The van der Waals surface area contributed by atoms with E-state index in [1.807, 2.05) is 18.6 Å². The predicted octanol–water partition coefficient (Wildman–Crippen LogP) is 2.72. The number of nitriles is 1. The third kappa shape index (κ3) is 2.58. The zero-order valence-corrected chi connectivity index (χ0v) is 14.3. The number of thioether (sulfide) groups is 1. The fraction of sp³-hybridized carbons (Fsp3) is 0.353. The van der Waals surface area contributed by atoms with Crippen molar-refractivity contribution in [2.75, 3.05) is 19.3 Å². The first-order chi connectivity index (χ1) is 11.8. The summed E-state index contributed by atoms with van der Waals surface area (Å²) in [7, 11) is 0. The topological polar surface area (TPSA) is 70.9 Å². The number of hydrogen-bond acceptors (Lipinski definition) is 5. The van der Waals surface area contributed by atoms with E-state index in [0.29, 0.717) is 11.6 Å². The van der Waals surface area contributed by atoms with Gasteiger partial charge in [-0.3, -0.25) is 4.68 Å². The van der Waals surface area contributed by atoms with E-state index in [1.165, 1.54) is 6.42 Å². The minimum Gasteiger partial charge on any atom is -0.315 e. The Kier molecular flexibility index (Phi) is 4.00. The van der Waals surface area contributed by atoms with Crippen molar-refractivity contribution in [2.24, 2.45) is 0 Å². The van der Waals surface area contributed by atoms with E-state index in [1.54, 1.807) is 22.5 Å². The highest BCUT2D eigenvalue weighted by Gasteiger charge is 2.17. The smallest absolute Gasteiger partial charge is 0.103 e. The lowest BCUT2D eigenvalue weighted by atomic mass is 10.1. The molecule has 1 N–H and O–H groups in total. The molecule has 1 saturated heterocycles. The van der Waals surface area contributed by atoms with Crippen molar-refractivity contribution in [1.82, 2.24) is 24.7 Å². The number of piperidine rings is 1. The van der Waals surface area contributed by atoms with E-state index in [9.17, 15) is 5.26 Å². The Balaban J connectivity index is 1.74. The van der Waals surface area contributed by atoms with Gasteiger partial charge in [0.2, 0.25) is 0 Å². The Labute approximate surface area is 144 Å². The third-order valence-electron chi connectivity index (χ3n) is 4.50. The Hall–Kier alpha value is -2.30. The van der Waals surface area contributed by atoms with Gasteiger partial charge in [-0.15, -0.1) is 11.8 Å². The minimum absolute atomic E-state index is 0.422. The molecule has 6 nitrogen and oxygen atoms in total. The molecule has 24 heavy (non-hydrogen) atoms. The number of rotatable bonds is 3. The van der Waals surface area contributed by atoms with Gasteiger partial charge in [0.05, 0.1) is 29.5 Å². The van der Waals surface area contributed by atoms with Crippen molar-refractivity contribution in [2.45, 2.75) is 23.8 Å². The van der Waals surface area contributed by atoms with E-state index in [-0.39, 0.29) is 0 Å². The fourth-order valence-corrected chi connectivity index (χ4v) is 3.87. The van der Waals surface area contributed by atoms with Gasteiger partial charge in [-0.05, 0) is 31.7 Å². The standard InChI is InChI=1S/C17H18N6S/c1-24-16-5-12(10-23-17(16)13(6-18)7-21-23)14-8-20-22(11-14)15-3-2-4-19-9-15/h5,7-8,10-11,15,19H,2-4,9H2,1H3. The number of pyridine rings is 1. The number of nitrogens with one attached hydrogen (secondary N) is 1. The van der Waals surface area contributed by atoms with E-state index in [4.69, 9.17) is 0 Å². The lowest BCUT2D eigenvalue weighted by Gasteiger charge is -2.22. The molecule has 1 fully saturated rings. The van der Waals surface area contributed by atoms with Gasteiger partial charge in [-0.2, -0.15) is 15.5 Å². The summed E-state index contributed by atoms with van der Waals surface area (Å²) in [4.78, 5) is 1.05. The van der Waals surface area contributed by atoms with Crippen molar-refractivity contribution in [1.29, 1.82) is 5.26 Å². The molecule has 3 aromatic rings. The summed E-state index contributed by atoms with van der Waals surface area (Å²) in [5.41, 5.74) is 3.62. The zero-order valence-electron chi connectivity index (χ0n) is 13.4. The molecule has 7 heteroatoms. The average molecular weight is 338 g/mol. The summed E-state index contributed by atoms with van der Waals surface area (Å²) in [6.45, 7) is 2.07. The fourth-order valence-electron chi connectivity index (χ4n) is 3.23. The number of hydrogen-bond donors (Lipinski definition) is 1. The van der Waals surface area contributed by atoms with Crippen LogP contribution in [0.5, 0.6) is 0 Å². The molecule has 0 saturated carbocycles. The summed E-state index contributed by atoms with van der Waals surface area (Å²) in [5, 5.41) is 21.6. The van der Waals surface area contributed by atoms with Gasteiger partial charge in [-0.1, -0.05) is 0 Å². The maximum absolute atomic E-state index is 9.25. The first-order valence-corrected chi connectivity index (χ1v) is 9.23. The van der Waals surface area contributed by atoms with Gasteiger partial charge < -0.3 is 5.32 Å². The molecule has 122 valence electrons. The Morgan fingerprint density at radius 2 is 2.21 bits per heavy atom. The molecule has 1 atom stereocenters. The summed E-state index contributed by atoms with van der Waals surface area (Å²) >= 11 is 1.63. The second-order valence-corrected chi connectivity index (χ2v) is 6.82. The van der Waals surface area contributed by atoms with E-state index in [0.717, 1.165) is 41.0 Å². The molecule has 0 radical (unpaired) electrons. The largest absolute Gasteiger partial charge is 0.315 e. The van der Waals surface area contributed by atoms with Crippen LogP contribution in [0, 0.1) is 11.3 Å². The van der Waals surface area contributed by atoms with E-state index >= 15 is 0 Å². The highest BCUT2D eigenvalue weighted by molar-refractivity contribution is 7.98. The molecule has 0 aromatic carbocycles. The van der Waals surface area contributed by atoms with Gasteiger partial charge in [-0.25, -0.2) is 4.52 Å². The first kappa shape index (κ1) is 15.2. The molecule has 1 unspecified atom stereocenters. The van der Waals surface area contributed by atoms with Crippen LogP contribution in [0.4, 0.5) is 0 Å². The van der Waals surface area contributed by atoms with Gasteiger partial charge in [0.15, 0.2) is 0 Å². The van der Waals surface area contributed by atoms with Crippen molar-refractivity contribution >= 4 is 17.3 Å². The predicted molar refractivity (Wildman–Crippen MR) is 94.0 cm³/mol. The van der Waals surface area contributed by atoms with Crippen LogP contribution in [0.2, 0.25) is 0 Å². The molecule has 0 spiro atoms. The van der Waals surface area contributed by atoms with Crippen molar-refractivity contribution in [3.05, 3.63) is 36.4 Å². The Morgan fingerprint density at radius 1 is 1.29 bits per heavy atom. The highest BCUT2D eigenvalue weighted by atomic mass is 32.2. The summed E-state index contributed by atoms with van der Waals surface area (Å²) in [5.74, 6) is 0. The normalized spacial score (nSPS) is 17.9. The molecular weight excluding hydrogens is 320 g/mol. The molecule has 3 aromatic heterocycles. The number of fused-ring (bicyclic) bond motifs is 1. The van der Waals surface area contributed by atoms with Crippen molar-refractivity contribution < 1.29 is 0 Å². The molecular formula is C17H18N6S. The lowest BCUT2D eigenvalue weighted by Crippen LogP contribution is -2.31. The molecule has 1 aliphatic rings. The van der Waals surface area contributed by atoms with Gasteiger partial charge >= 0.3 is 0 Å². The molecule has 1 aliphatic heterocycles. The van der Waals surface area contributed by atoms with Crippen LogP contribution in [0.1, 0.15) is 24.4 Å². The molecule has 4 heterocycles. The SMILES string of the molecule is CSc1cc(-c2cnn(C3CCCNC3)c2)cn2ncc(C#N)c12. The highest BCUT2D eigenvalue weighted by Crippen LogP contribution is 2.30. The Bertz CT molecular complexity index is 913. The zero-order chi connectivity index (χ0) is 16.5. The van der Waals surface area contributed by atoms with Gasteiger partial charge in [0.1, 0.15) is 6.07 Å². The summed E-state index contributed by atoms with van der Waals surface area (Å²) in [6.07, 6.45) is 12.0. The minimum atomic E-state index is 0.422. The van der Waals surface area contributed by atoms with Crippen LogP contribution in [0.25, 0.3) is 16.6 Å². The molecule has 0 bridgehead atoms. The first-order valence-electron chi connectivity index (χ1n) is 8.01. The quantitative estimate of drug-likeness (QED) is 0.744. The summed E-state index contributed by atoms with van der Waals surface area (Å²) < 4.78 is 3.85. The monoisotopic (exact) mass is 338 g/mol. The molecule has 4 rings (SSSR count). The maximum atomic E-state index is 9.25. The van der Waals surface area contributed by atoms with Crippen LogP contribution in [-0.2, 0) is 0 Å². The average Bonchev–Trinajstić information content (AvgIpc) is 3.28. The second-order valence-electron chi connectivity index (χ2n) is 5.97. The van der Waals surface area contributed by atoms with Crippen LogP contribution in [-0.4, -0.2) is 38.7 Å². The third-order valence-corrected chi connectivity index (χ3v) is 5.25.